The van der Waals surface area contributed by atoms with Crippen LogP contribution in [0.15, 0.2) is 6.20 Å². The fraction of sp³-hybridized carbons (Fsp3) is 0.556. The van der Waals surface area contributed by atoms with Crippen molar-refractivity contribution in [1.82, 2.24) is 14.5 Å². The van der Waals surface area contributed by atoms with Gasteiger partial charge in [-0.15, -0.1) is 5.10 Å². The van der Waals surface area contributed by atoms with E-state index >= 15 is 0 Å². The number of carboxylic acid groups (broad SMARTS) is 1. The van der Waals surface area contributed by atoms with Crippen molar-refractivity contribution in [2.45, 2.75) is 6.92 Å². The van der Waals surface area contributed by atoms with Crippen LogP contribution in [0.1, 0.15) is 6.92 Å². The smallest absolute Gasteiger partial charge is 0.322 e. The van der Waals surface area contributed by atoms with Gasteiger partial charge in [0.2, 0.25) is 0 Å². The lowest BCUT2D eigenvalue weighted by molar-refractivity contribution is -0.142. The molecule has 2 amide bonds. The number of nitrogens with zero attached hydrogens (tertiary/aromatic N) is 3. The van der Waals surface area contributed by atoms with Crippen LogP contribution in [0.25, 0.3) is 0 Å². The third kappa shape index (κ3) is 2.52. The molecule has 2 heterocycles. The number of amides is 2. The molecule has 1 aromatic rings. The molecule has 7 nitrogen and oxygen atoms in total. The Balaban J connectivity index is 1.96. The molecule has 2 rings (SSSR count). The summed E-state index contributed by atoms with van der Waals surface area (Å²) in [6.07, 6.45) is 1.46. The number of carbonyl (C=O) groups is 2. The van der Waals surface area contributed by atoms with Crippen LogP contribution in [0.3, 0.4) is 0 Å². The Kier molecular flexibility index (Phi) is 3.23. The molecule has 92 valence electrons. The highest BCUT2D eigenvalue weighted by Crippen LogP contribution is 2.24. The van der Waals surface area contributed by atoms with E-state index < -0.39 is 11.9 Å². The average molecular weight is 256 g/mol. The van der Waals surface area contributed by atoms with Gasteiger partial charge in [0.15, 0.2) is 0 Å². The van der Waals surface area contributed by atoms with E-state index in [-0.39, 0.29) is 18.5 Å². The second-order valence-corrected chi connectivity index (χ2v) is 4.82. The van der Waals surface area contributed by atoms with Gasteiger partial charge in [0.05, 0.1) is 12.1 Å². The molecule has 1 saturated heterocycles. The largest absolute Gasteiger partial charge is 0.481 e. The van der Waals surface area contributed by atoms with Gasteiger partial charge in [-0.25, -0.2) is 4.79 Å². The van der Waals surface area contributed by atoms with Crippen molar-refractivity contribution in [1.29, 1.82) is 0 Å². The highest BCUT2D eigenvalue weighted by Gasteiger charge is 2.37. The van der Waals surface area contributed by atoms with E-state index in [9.17, 15) is 9.59 Å². The number of urea groups is 1. The standard InChI is InChI=1S/C9H12N4O3S/c1-5-3-13(4-6(5)8(14)15)9(16)11-7-2-10-12-17-7/h2,5-6H,3-4H2,1H3,(H,11,16)(H,14,15)/t5-,6-/m1/s1. The Morgan fingerprint density at radius 2 is 2.35 bits per heavy atom. The number of likely N-dealkylation sites (tertiary alicyclic amines) is 1. The summed E-state index contributed by atoms with van der Waals surface area (Å²) in [5.74, 6) is -1.37. The summed E-state index contributed by atoms with van der Waals surface area (Å²) in [7, 11) is 0. The van der Waals surface area contributed by atoms with E-state index in [4.69, 9.17) is 5.11 Å². The highest BCUT2D eigenvalue weighted by molar-refractivity contribution is 7.10. The average Bonchev–Trinajstić information content (AvgIpc) is 2.86. The lowest BCUT2D eigenvalue weighted by atomic mass is 9.99. The molecule has 0 aromatic carbocycles. The number of rotatable bonds is 2. The normalized spacial score (nSPS) is 23.7. The summed E-state index contributed by atoms with van der Waals surface area (Å²) in [6, 6.07) is -0.299. The van der Waals surface area contributed by atoms with Crippen LogP contribution in [0.5, 0.6) is 0 Å². The van der Waals surface area contributed by atoms with Gasteiger partial charge >= 0.3 is 12.0 Å². The molecule has 0 unspecified atom stereocenters. The molecule has 1 fully saturated rings. The van der Waals surface area contributed by atoms with Crippen LogP contribution in [-0.4, -0.2) is 44.7 Å². The number of hydrogen-bond donors (Lipinski definition) is 2. The molecule has 0 aliphatic carbocycles. The SMILES string of the molecule is C[C@@H]1CN(C(=O)Nc2cnns2)C[C@H]1C(=O)O. The number of nitrogens with one attached hydrogen (secondary N) is 1. The molecule has 2 N–H and O–H groups in total. The molecule has 8 heteroatoms. The highest BCUT2D eigenvalue weighted by atomic mass is 32.1. The zero-order valence-electron chi connectivity index (χ0n) is 9.16. The minimum absolute atomic E-state index is 0.0298. The van der Waals surface area contributed by atoms with E-state index in [0.717, 1.165) is 11.5 Å². The lowest BCUT2D eigenvalue weighted by Crippen LogP contribution is -2.33. The lowest BCUT2D eigenvalue weighted by Gasteiger charge is -2.15. The summed E-state index contributed by atoms with van der Waals surface area (Å²) in [4.78, 5) is 24.2. The Hall–Kier alpha value is -1.70. The van der Waals surface area contributed by atoms with Crippen molar-refractivity contribution < 1.29 is 14.7 Å². The molecule has 17 heavy (non-hydrogen) atoms. The number of aromatic nitrogens is 2. The van der Waals surface area contributed by atoms with Crippen LogP contribution in [0, 0.1) is 11.8 Å². The number of anilines is 1. The second kappa shape index (κ2) is 4.66. The van der Waals surface area contributed by atoms with Crippen LogP contribution in [0.2, 0.25) is 0 Å². The van der Waals surface area contributed by atoms with E-state index in [1.165, 1.54) is 11.1 Å². The molecule has 1 aliphatic rings. The molecule has 1 aliphatic heterocycles. The summed E-state index contributed by atoms with van der Waals surface area (Å²) >= 11 is 1.08. The van der Waals surface area contributed by atoms with Crippen molar-refractivity contribution in [2.75, 3.05) is 18.4 Å². The van der Waals surface area contributed by atoms with Gasteiger partial charge in [-0.1, -0.05) is 11.4 Å². The third-order valence-electron chi connectivity index (χ3n) is 2.81. The molecule has 0 bridgehead atoms. The van der Waals surface area contributed by atoms with Crippen molar-refractivity contribution in [3.05, 3.63) is 6.20 Å². The van der Waals surface area contributed by atoms with Gasteiger partial charge in [-0.3, -0.25) is 10.1 Å². The van der Waals surface area contributed by atoms with E-state index in [1.807, 2.05) is 6.92 Å². The predicted octanol–water partition coefficient (Wildman–Crippen LogP) is 0.723. The molecule has 0 saturated carbocycles. The molecule has 1 aromatic heterocycles. The first-order valence-corrected chi connectivity index (χ1v) is 5.91. The molecular formula is C9H12N4O3S. The monoisotopic (exact) mass is 256 g/mol. The Labute approximate surface area is 102 Å². The number of carboxylic acids is 1. The maximum atomic E-state index is 11.8. The molecule has 2 atom stereocenters. The van der Waals surface area contributed by atoms with E-state index in [1.54, 1.807) is 0 Å². The Morgan fingerprint density at radius 1 is 1.59 bits per heavy atom. The maximum absolute atomic E-state index is 11.8. The first-order valence-electron chi connectivity index (χ1n) is 5.14. The summed E-state index contributed by atoms with van der Waals surface area (Å²) in [6.45, 7) is 2.53. The van der Waals surface area contributed by atoms with Gasteiger partial charge in [0.1, 0.15) is 5.00 Å². The van der Waals surface area contributed by atoms with E-state index in [2.05, 4.69) is 14.9 Å². The Bertz CT molecular complexity index is 422. The molecule has 0 spiro atoms. The number of carbonyl (C=O) groups excluding carboxylic acids is 1. The Morgan fingerprint density at radius 3 is 2.88 bits per heavy atom. The fourth-order valence-electron chi connectivity index (χ4n) is 1.86. The number of aliphatic carboxylic acids is 1. The zero-order valence-corrected chi connectivity index (χ0v) is 9.98. The fourth-order valence-corrected chi connectivity index (χ4v) is 2.27. The summed E-state index contributed by atoms with van der Waals surface area (Å²) in [5.41, 5.74) is 0. The number of hydrogen-bond acceptors (Lipinski definition) is 5. The van der Waals surface area contributed by atoms with Gasteiger partial charge in [0.25, 0.3) is 0 Å². The zero-order chi connectivity index (χ0) is 12.4. The quantitative estimate of drug-likeness (QED) is 0.813. The summed E-state index contributed by atoms with van der Waals surface area (Å²) < 4.78 is 3.62. The van der Waals surface area contributed by atoms with Crippen LogP contribution >= 0.6 is 11.5 Å². The second-order valence-electron chi connectivity index (χ2n) is 4.04. The van der Waals surface area contributed by atoms with Gasteiger partial charge in [-0.2, -0.15) is 0 Å². The molecular weight excluding hydrogens is 244 g/mol. The minimum atomic E-state index is -0.854. The van der Waals surface area contributed by atoms with Crippen molar-refractivity contribution in [2.24, 2.45) is 11.8 Å². The van der Waals surface area contributed by atoms with Crippen molar-refractivity contribution in [3.63, 3.8) is 0 Å². The van der Waals surface area contributed by atoms with Gasteiger partial charge in [-0.05, 0) is 5.92 Å². The minimum Gasteiger partial charge on any atom is -0.481 e. The summed E-state index contributed by atoms with van der Waals surface area (Å²) in [5, 5.41) is 15.8. The van der Waals surface area contributed by atoms with Crippen LogP contribution in [-0.2, 0) is 4.79 Å². The van der Waals surface area contributed by atoms with Crippen molar-refractivity contribution in [3.8, 4) is 0 Å². The first kappa shape index (κ1) is 11.8. The first-order chi connectivity index (χ1) is 8.08. The van der Waals surface area contributed by atoms with Crippen LogP contribution < -0.4 is 5.32 Å². The van der Waals surface area contributed by atoms with Gasteiger partial charge < -0.3 is 10.0 Å². The van der Waals surface area contributed by atoms with E-state index in [0.29, 0.717) is 11.5 Å². The topological polar surface area (TPSA) is 95.4 Å². The molecule has 0 radical (unpaired) electrons. The predicted molar refractivity (Wildman–Crippen MR) is 60.8 cm³/mol. The third-order valence-corrected chi connectivity index (χ3v) is 3.39. The van der Waals surface area contributed by atoms with Crippen LogP contribution in [0.4, 0.5) is 9.80 Å². The van der Waals surface area contributed by atoms with Gasteiger partial charge in [0, 0.05) is 24.6 Å². The van der Waals surface area contributed by atoms with Crippen molar-refractivity contribution >= 4 is 28.5 Å². The maximum Gasteiger partial charge on any atom is 0.322 e.